The van der Waals surface area contributed by atoms with E-state index in [0.717, 1.165) is 0 Å². The Morgan fingerprint density at radius 1 is 1.35 bits per heavy atom. The van der Waals surface area contributed by atoms with Crippen LogP contribution in [0.3, 0.4) is 0 Å². The largest absolute Gasteiger partial charge is 0.465 e. The zero-order valence-electron chi connectivity index (χ0n) is 14.0. The molecule has 0 aromatic carbocycles. The van der Waals surface area contributed by atoms with Gasteiger partial charge in [-0.1, -0.05) is 6.92 Å². The fraction of sp³-hybridized carbons (Fsp3) is 0.867. The summed E-state index contributed by atoms with van der Waals surface area (Å²) in [5.74, 6) is -4.37. The number of rotatable bonds is 4. The number of methoxy groups -OCH3 is 2. The van der Waals surface area contributed by atoms with E-state index < -0.39 is 41.8 Å². The number of Topliss-reactive ketones (excluding diaryl/α,β-unsaturated/α-hetero) is 1. The Morgan fingerprint density at radius 2 is 2.00 bits per heavy atom. The molecule has 2 aliphatic heterocycles. The number of hydrogen-bond acceptors (Lipinski definition) is 8. The van der Waals surface area contributed by atoms with Crippen molar-refractivity contribution in [2.24, 2.45) is 5.92 Å². The number of ether oxygens (including phenoxy) is 5. The van der Waals surface area contributed by atoms with E-state index in [1.54, 1.807) is 20.8 Å². The van der Waals surface area contributed by atoms with Gasteiger partial charge in [0.2, 0.25) is 0 Å². The second-order valence-electron chi connectivity index (χ2n) is 6.32. The van der Waals surface area contributed by atoms with Gasteiger partial charge in [-0.05, 0) is 13.8 Å². The van der Waals surface area contributed by atoms with Crippen LogP contribution in [0.5, 0.6) is 0 Å². The number of ketones is 1. The average molecular weight is 332 g/mol. The SMILES string of the molecule is COC(=O)[C@]1(OC)CC(=O)[C@@H](C)C([C@H](O)[C@H]2COC(C)(C)O2)O1. The molecule has 23 heavy (non-hydrogen) atoms. The van der Waals surface area contributed by atoms with E-state index in [1.807, 2.05) is 0 Å². The molecule has 2 rings (SSSR count). The molecule has 0 aliphatic carbocycles. The Kier molecular flexibility index (Phi) is 5.12. The summed E-state index contributed by atoms with van der Waals surface area (Å²) < 4.78 is 26.6. The van der Waals surface area contributed by atoms with Crippen molar-refractivity contribution in [2.45, 2.75) is 57.1 Å². The molecular weight excluding hydrogens is 308 g/mol. The van der Waals surface area contributed by atoms with Gasteiger partial charge in [0.1, 0.15) is 18.0 Å². The van der Waals surface area contributed by atoms with Crippen LogP contribution in [0.25, 0.3) is 0 Å². The lowest BCUT2D eigenvalue weighted by molar-refractivity contribution is -0.287. The smallest absolute Gasteiger partial charge is 0.367 e. The molecule has 5 atom stereocenters. The number of carbonyl (C=O) groups is 2. The monoisotopic (exact) mass is 332 g/mol. The van der Waals surface area contributed by atoms with Crippen molar-refractivity contribution in [1.82, 2.24) is 0 Å². The van der Waals surface area contributed by atoms with E-state index in [2.05, 4.69) is 4.74 Å². The average Bonchev–Trinajstić information content (AvgIpc) is 2.88. The molecule has 0 aromatic rings. The Balaban J connectivity index is 2.22. The van der Waals surface area contributed by atoms with Crippen LogP contribution in [-0.4, -0.2) is 67.6 Å². The van der Waals surface area contributed by atoms with Crippen LogP contribution in [-0.2, 0) is 33.3 Å². The first-order valence-corrected chi connectivity index (χ1v) is 7.50. The molecule has 0 saturated carbocycles. The molecule has 1 unspecified atom stereocenters. The molecule has 8 heteroatoms. The van der Waals surface area contributed by atoms with Gasteiger partial charge >= 0.3 is 5.97 Å². The highest BCUT2D eigenvalue weighted by Gasteiger charge is 2.55. The summed E-state index contributed by atoms with van der Waals surface area (Å²) in [5, 5.41) is 10.6. The lowest BCUT2D eigenvalue weighted by Crippen LogP contribution is -2.60. The van der Waals surface area contributed by atoms with Crippen LogP contribution in [0.15, 0.2) is 0 Å². The Morgan fingerprint density at radius 3 is 2.48 bits per heavy atom. The van der Waals surface area contributed by atoms with Crippen LogP contribution in [0.2, 0.25) is 0 Å². The van der Waals surface area contributed by atoms with Crippen LogP contribution >= 0.6 is 0 Å². The molecule has 0 amide bonds. The standard InChI is InChI=1S/C15H24O8/c1-8-9(16)6-15(20-5,13(18)19-4)23-12(8)11(17)10-7-21-14(2,3)22-10/h8,10-12,17H,6-7H2,1-5H3/t8-,10-,11-,12?,15+/m1/s1. The normalized spacial score (nSPS) is 38.3. The number of carbonyl (C=O) groups excluding carboxylic acids is 2. The van der Waals surface area contributed by atoms with Crippen molar-refractivity contribution < 1.29 is 38.4 Å². The van der Waals surface area contributed by atoms with Gasteiger partial charge in [0.15, 0.2) is 5.79 Å². The molecule has 1 N–H and O–H groups in total. The fourth-order valence-corrected chi connectivity index (χ4v) is 2.88. The van der Waals surface area contributed by atoms with Gasteiger partial charge in [-0.25, -0.2) is 4.79 Å². The molecule has 0 radical (unpaired) electrons. The first kappa shape index (κ1) is 18.3. The van der Waals surface area contributed by atoms with Gasteiger partial charge in [-0.3, -0.25) is 4.79 Å². The molecule has 2 heterocycles. The van der Waals surface area contributed by atoms with Crippen molar-refractivity contribution in [1.29, 1.82) is 0 Å². The number of hydrogen-bond donors (Lipinski definition) is 1. The molecular formula is C15H24O8. The van der Waals surface area contributed by atoms with E-state index in [4.69, 9.17) is 18.9 Å². The summed E-state index contributed by atoms with van der Waals surface area (Å²) in [7, 11) is 2.43. The summed E-state index contributed by atoms with van der Waals surface area (Å²) in [6, 6.07) is 0. The van der Waals surface area contributed by atoms with Crippen molar-refractivity contribution in [2.75, 3.05) is 20.8 Å². The van der Waals surface area contributed by atoms with Gasteiger partial charge in [0, 0.05) is 13.0 Å². The minimum absolute atomic E-state index is 0.160. The van der Waals surface area contributed by atoms with E-state index in [1.165, 1.54) is 14.2 Å². The number of aliphatic hydroxyl groups excluding tert-OH is 1. The predicted octanol–water partition coefficient (Wildman–Crippen LogP) is 0.00860. The second kappa shape index (κ2) is 6.45. The first-order chi connectivity index (χ1) is 10.7. The van der Waals surface area contributed by atoms with Gasteiger partial charge in [-0.2, -0.15) is 0 Å². The maximum atomic E-state index is 12.3. The number of esters is 1. The Bertz CT molecular complexity index is 476. The summed E-state index contributed by atoms with van der Waals surface area (Å²) in [5.41, 5.74) is 0. The minimum Gasteiger partial charge on any atom is -0.465 e. The van der Waals surface area contributed by atoms with Gasteiger partial charge in [0.25, 0.3) is 5.79 Å². The highest BCUT2D eigenvalue weighted by molar-refractivity contribution is 5.90. The summed E-state index contributed by atoms with van der Waals surface area (Å²) >= 11 is 0. The fourth-order valence-electron chi connectivity index (χ4n) is 2.88. The van der Waals surface area contributed by atoms with Crippen LogP contribution < -0.4 is 0 Å². The van der Waals surface area contributed by atoms with Crippen molar-refractivity contribution in [3.63, 3.8) is 0 Å². The Hall–Kier alpha value is -1.06. The second-order valence-corrected chi connectivity index (χ2v) is 6.32. The molecule has 2 aliphatic rings. The van der Waals surface area contributed by atoms with Gasteiger partial charge in [0.05, 0.1) is 26.2 Å². The molecule has 2 fully saturated rings. The predicted molar refractivity (Wildman–Crippen MR) is 76.3 cm³/mol. The number of aliphatic hydroxyl groups is 1. The Labute approximate surface area is 135 Å². The summed E-state index contributed by atoms with van der Waals surface area (Å²) in [6.07, 6.45) is -3.07. The maximum absolute atomic E-state index is 12.3. The third-order valence-electron chi connectivity index (χ3n) is 4.31. The summed E-state index contributed by atoms with van der Waals surface area (Å²) in [6.45, 7) is 5.25. The van der Waals surface area contributed by atoms with Crippen LogP contribution in [0.1, 0.15) is 27.2 Å². The molecule has 2 saturated heterocycles. The lowest BCUT2D eigenvalue weighted by atomic mass is 9.86. The summed E-state index contributed by atoms with van der Waals surface area (Å²) in [4.78, 5) is 24.3. The first-order valence-electron chi connectivity index (χ1n) is 7.50. The van der Waals surface area contributed by atoms with Gasteiger partial charge < -0.3 is 28.8 Å². The lowest BCUT2D eigenvalue weighted by Gasteiger charge is -2.42. The van der Waals surface area contributed by atoms with E-state index in [0.29, 0.717) is 0 Å². The third-order valence-corrected chi connectivity index (χ3v) is 4.31. The zero-order chi connectivity index (χ0) is 17.4. The molecule has 0 aromatic heterocycles. The van der Waals surface area contributed by atoms with Crippen molar-refractivity contribution in [3.05, 3.63) is 0 Å². The topological polar surface area (TPSA) is 101 Å². The van der Waals surface area contributed by atoms with Crippen LogP contribution in [0.4, 0.5) is 0 Å². The van der Waals surface area contributed by atoms with E-state index in [9.17, 15) is 14.7 Å². The molecule has 132 valence electrons. The molecule has 0 bridgehead atoms. The zero-order valence-corrected chi connectivity index (χ0v) is 14.0. The van der Waals surface area contributed by atoms with Crippen molar-refractivity contribution >= 4 is 11.8 Å². The molecule has 8 nitrogen and oxygen atoms in total. The maximum Gasteiger partial charge on any atom is 0.367 e. The van der Waals surface area contributed by atoms with Crippen molar-refractivity contribution in [3.8, 4) is 0 Å². The quantitative estimate of drug-likeness (QED) is 0.719. The van der Waals surface area contributed by atoms with E-state index in [-0.39, 0.29) is 18.8 Å². The highest BCUT2D eigenvalue weighted by atomic mass is 16.8. The van der Waals surface area contributed by atoms with Gasteiger partial charge in [-0.15, -0.1) is 0 Å². The minimum atomic E-state index is -1.85. The molecule has 0 spiro atoms. The third kappa shape index (κ3) is 3.41. The highest BCUT2D eigenvalue weighted by Crippen LogP contribution is 2.36. The van der Waals surface area contributed by atoms with E-state index >= 15 is 0 Å². The van der Waals surface area contributed by atoms with Crippen LogP contribution in [0, 0.1) is 5.92 Å².